The number of halogens is 1. The van der Waals surface area contributed by atoms with Gasteiger partial charge < -0.3 is 0 Å². The van der Waals surface area contributed by atoms with E-state index in [1.165, 1.54) is 11.1 Å². The van der Waals surface area contributed by atoms with Crippen molar-refractivity contribution in [1.29, 1.82) is 0 Å². The van der Waals surface area contributed by atoms with Gasteiger partial charge in [-0.15, -0.1) is 11.8 Å². The molecule has 1 heterocycles. The van der Waals surface area contributed by atoms with Crippen molar-refractivity contribution in [3.8, 4) is 0 Å². The molecule has 108 valence electrons. The Bertz CT molecular complexity index is 681. The van der Waals surface area contributed by atoms with Crippen molar-refractivity contribution < 1.29 is 4.79 Å². The Kier molecular flexibility index (Phi) is 3.96. The topological polar surface area (TPSA) is 20.3 Å². The van der Waals surface area contributed by atoms with Crippen LogP contribution in [0.15, 0.2) is 42.5 Å². The summed E-state index contributed by atoms with van der Waals surface area (Å²) in [5, 5.41) is 0.699. The van der Waals surface area contributed by atoms with Crippen molar-refractivity contribution in [1.82, 2.24) is 0 Å². The van der Waals surface area contributed by atoms with Crippen molar-refractivity contribution in [3.05, 3.63) is 64.2 Å². The molecule has 21 heavy (non-hydrogen) atoms. The highest BCUT2D eigenvalue weighted by atomic mass is 35.5. The lowest BCUT2D eigenvalue weighted by Crippen LogP contribution is -2.27. The lowest BCUT2D eigenvalue weighted by molar-refractivity contribution is -0.115. The predicted octanol–water partition coefficient (Wildman–Crippen LogP) is 4.74. The van der Waals surface area contributed by atoms with Crippen molar-refractivity contribution in [3.63, 3.8) is 0 Å². The maximum absolute atomic E-state index is 12.3. The van der Waals surface area contributed by atoms with Crippen LogP contribution in [0.5, 0.6) is 0 Å². The van der Waals surface area contributed by atoms with Gasteiger partial charge in [0.2, 0.25) is 5.91 Å². The molecule has 4 heteroatoms. The molecule has 0 unspecified atom stereocenters. The third-order valence-corrected chi connectivity index (χ3v) is 4.93. The largest absolute Gasteiger partial charge is 0.295 e. The van der Waals surface area contributed by atoms with Crippen LogP contribution in [0.25, 0.3) is 0 Å². The third-order valence-electron chi connectivity index (χ3n) is 3.49. The van der Waals surface area contributed by atoms with Gasteiger partial charge in [-0.25, -0.2) is 0 Å². The Labute approximate surface area is 134 Å². The van der Waals surface area contributed by atoms with Crippen LogP contribution >= 0.6 is 23.4 Å². The summed E-state index contributed by atoms with van der Waals surface area (Å²) in [4.78, 5) is 14.2. The molecule has 2 nitrogen and oxygen atoms in total. The number of benzene rings is 2. The highest BCUT2D eigenvalue weighted by Gasteiger charge is 2.34. The van der Waals surface area contributed by atoms with Crippen molar-refractivity contribution in [2.24, 2.45) is 0 Å². The summed E-state index contributed by atoms with van der Waals surface area (Å²) in [5.41, 5.74) is 4.36. The van der Waals surface area contributed by atoms with E-state index >= 15 is 0 Å². The van der Waals surface area contributed by atoms with Gasteiger partial charge in [0.1, 0.15) is 5.37 Å². The molecule has 0 spiro atoms. The Morgan fingerprint density at radius 3 is 2.52 bits per heavy atom. The Morgan fingerprint density at radius 1 is 1.14 bits per heavy atom. The number of thioether (sulfide) groups is 1. The predicted molar refractivity (Wildman–Crippen MR) is 90.1 cm³/mol. The number of nitrogens with zero attached hydrogens (tertiary/aromatic N) is 1. The normalized spacial score (nSPS) is 18.3. The molecule has 2 aromatic carbocycles. The highest BCUT2D eigenvalue weighted by Crippen LogP contribution is 2.42. The van der Waals surface area contributed by atoms with E-state index in [1.807, 2.05) is 29.2 Å². The molecule has 1 aliphatic heterocycles. The summed E-state index contributed by atoms with van der Waals surface area (Å²) in [6.45, 7) is 4.11. The van der Waals surface area contributed by atoms with E-state index in [0.29, 0.717) is 10.8 Å². The van der Waals surface area contributed by atoms with E-state index < -0.39 is 0 Å². The van der Waals surface area contributed by atoms with Crippen LogP contribution in [-0.2, 0) is 4.79 Å². The standard InChI is InChI=1S/C17H16ClNOS/c1-11-6-12(2)8-15(7-11)19-16(20)10-21-17(19)13-4-3-5-14(18)9-13/h3-9,17H,10H2,1-2H3/t17-/m0/s1. The first-order chi connectivity index (χ1) is 10.0. The first kappa shape index (κ1) is 14.5. The van der Waals surface area contributed by atoms with Gasteiger partial charge in [0.25, 0.3) is 0 Å². The molecular weight excluding hydrogens is 302 g/mol. The Morgan fingerprint density at radius 2 is 1.86 bits per heavy atom. The summed E-state index contributed by atoms with van der Waals surface area (Å²) in [6.07, 6.45) is 0. The number of carbonyl (C=O) groups excluding carboxylic acids is 1. The summed E-state index contributed by atoms with van der Waals surface area (Å²) in [7, 11) is 0. The fraction of sp³-hybridized carbons (Fsp3) is 0.235. The van der Waals surface area contributed by atoms with Crippen LogP contribution in [0.4, 0.5) is 5.69 Å². The molecule has 0 aromatic heterocycles. The second-order valence-electron chi connectivity index (χ2n) is 5.33. The SMILES string of the molecule is Cc1cc(C)cc(N2C(=O)CS[C@H]2c2cccc(Cl)c2)c1. The lowest BCUT2D eigenvalue weighted by Gasteiger charge is -2.25. The fourth-order valence-electron chi connectivity index (χ4n) is 2.70. The number of rotatable bonds is 2. The van der Waals surface area contributed by atoms with Crippen molar-refractivity contribution in [2.75, 3.05) is 10.7 Å². The van der Waals surface area contributed by atoms with Gasteiger partial charge in [0.05, 0.1) is 5.75 Å². The average molecular weight is 318 g/mol. The smallest absolute Gasteiger partial charge is 0.238 e. The van der Waals surface area contributed by atoms with Crippen LogP contribution in [-0.4, -0.2) is 11.7 Å². The van der Waals surface area contributed by atoms with Crippen LogP contribution < -0.4 is 4.90 Å². The van der Waals surface area contributed by atoms with E-state index in [9.17, 15) is 4.79 Å². The average Bonchev–Trinajstić information content (AvgIpc) is 2.79. The van der Waals surface area contributed by atoms with Crippen LogP contribution in [0, 0.1) is 13.8 Å². The zero-order valence-corrected chi connectivity index (χ0v) is 13.5. The minimum atomic E-state index is -0.00241. The molecule has 0 radical (unpaired) electrons. The maximum atomic E-state index is 12.3. The van der Waals surface area contributed by atoms with Gasteiger partial charge in [-0.1, -0.05) is 29.8 Å². The Hall–Kier alpha value is -1.45. The van der Waals surface area contributed by atoms with Crippen molar-refractivity contribution in [2.45, 2.75) is 19.2 Å². The molecule has 0 bridgehead atoms. The third kappa shape index (κ3) is 2.94. The van der Waals surface area contributed by atoms with Crippen LogP contribution in [0.1, 0.15) is 22.1 Å². The van der Waals surface area contributed by atoms with Gasteiger partial charge in [-0.2, -0.15) is 0 Å². The van der Waals surface area contributed by atoms with E-state index in [2.05, 4.69) is 32.0 Å². The zero-order chi connectivity index (χ0) is 15.0. The van der Waals surface area contributed by atoms with Gasteiger partial charge in [0, 0.05) is 10.7 Å². The maximum Gasteiger partial charge on any atom is 0.238 e. The number of aryl methyl sites for hydroxylation is 2. The van der Waals surface area contributed by atoms with E-state index in [-0.39, 0.29) is 11.3 Å². The molecule has 1 amide bonds. The van der Waals surface area contributed by atoms with E-state index in [0.717, 1.165) is 11.3 Å². The molecule has 2 aromatic rings. The summed E-state index contributed by atoms with van der Waals surface area (Å²) < 4.78 is 0. The van der Waals surface area contributed by atoms with Crippen LogP contribution in [0.3, 0.4) is 0 Å². The minimum absolute atomic E-state index is 0.00241. The molecule has 0 saturated carbocycles. The van der Waals surface area contributed by atoms with Gasteiger partial charge >= 0.3 is 0 Å². The minimum Gasteiger partial charge on any atom is -0.295 e. The first-order valence-corrected chi connectivity index (χ1v) is 8.25. The monoisotopic (exact) mass is 317 g/mol. The number of hydrogen-bond donors (Lipinski definition) is 0. The van der Waals surface area contributed by atoms with E-state index in [4.69, 9.17) is 11.6 Å². The number of anilines is 1. The molecule has 0 N–H and O–H groups in total. The zero-order valence-electron chi connectivity index (χ0n) is 12.0. The molecule has 1 atom stereocenters. The van der Waals surface area contributed by atoms with E-state index in [1.54, 1.807) is 11.8 Å². The molecule has 0 aliphatic carbocycles. The Balaban J connectivity index is 2.03. The quantitative estimate of drug-likeness (QED) is 0.797. The second kappa shape index (κ2) is 5.74. The molecule has 1 saturated heterocycles. The number of carbonyl (C=O) groups is 1. The van der Waals surface area contributed by atoms with Gasteiger partial charge in [-0.05, 0) is 54.8 Å². The lowest BCUT2D eigenvalue weighted by atomic mass is 10.1. The molecular formula is C17H16ClNOS. The van der Waals surface area contributed by atoms with Gasteiger partial charge in [-0.3, -0.25) is 9.69 Å². The van der Waals surface area contributed by atoms with Crippen molar-refractivity contribution >= 4 is 35.0 Å². The van der Waals surface area contributed by atoms with Crippen LogP contribution in [0.2, 0.25) is 5.02 Å². The second-order valence-corrected chi connectivity index (χ2v) is 6.83. The fourth-order valence-corrected chi connectivity index (χ4v) is 4.07. The molecule has 1 fully saturated rings. The van der Waals surface area contributed by atoms with Gasteiger partial charge in [0.15, 0.2) is 0 Å². The molecule has 1 aliphatic rings. The number of amides is 1. The summed E-state index contributed by atoms with van der Waals surface area (Å²) >= 11 is 7.74. The summed E-state index contributed by atoms with van der Waals surface area (Å²) in [6, 6.07) is 14.0. The molecule has 3 rings (SSSR count). The highest BCUT2D eigenvalue weighted by molar-refractivity contribution is 8.00. The number of hydrogen-bond acceptors (Lipinski definition) is 2. The first-order valence-electron chi connectivity index (χ1n) is 6.82. The summed E-state index contributed by atoms with van der Waals surface area (Å²) in [5.74, 6) is 0.652.